The van der Waals surface area contributed by atoms with Crippen molar-refractivity contribution in [2.24, 2.45) is 0 Å². The van der Waals surface area contributed by atoms with Crippen molar-refractivity contribution in [1.82, 2.24) is 0 Å². The van der Waals surface area contributed by atoms with E-state index in [1.54, 1.807) is 0 Å². The molecule has 0 radical (unpaired) electrons. The van der Waals surface area contributed by atoms with Crippen LogP contribution >= 0.6 is 17.0 Å². The Hall–Kier alpha value is -0.660. The van der Waals surface area contributed by atoms with E-state index in [9.17, 15) is 0 Å². The van der Waals surface area contributed by atoms with Gasteiger partial charge in [0, 0.05) is 0 Å². The summed E-state index contributed by atoms with van der Waals surface area (Å²) in [6, 6.07) is 22.3. The van der Waals surface area contributed by atoms with Crippen molar-refractivity contribution in [3.8, 4) is 0 Å². The normalized spacial score (nSPS) is 10.4. The summed E-state index contributed by atoms with van der Waals surface area (Å²) in [6.07, 6.45) is 4.84. The van der Waals surface area contributed by atoms with Crippen LogP contribution in [0.2, 0.25) is 13.1 Å². The Morgan fingerprint density at radius 3 is 1.44 bits per heavy atom. The number of halogens is 2. The second-order valence-corrected chi connectivity index (χ2v) is 31.6. The molecule has 0 fully saturated rings. The first-order valence-corrected chi connectivity index (χ1v) is 24.1. The van der Waals surface area contributed by atoms with Gasteiger partial charge in [0.25, 0.3) is 0 Å². The van der Waals surface area contributed by atoms with Crippen LogP contribution in [0.3, 0.4) is 0 Å². The molecule has 0 aliphatic carbocycles. The van der Waals surface area contributed by atoms with Gasteiger partial charge in [0.15, 0.2) is 0 Å². The van der Waals surface area contributed by atoms with Crippen LogP contribution in [0.25, 0.3) is 21.5 Å². The first kappa shape index (κ1) is 27.6. The molecule has 0 unspecified atom stereocenters. The van der Waals surface area contributed by atoms with Gasteiger partial charge in [-0.1, -0.05) is 63.8 Å². The summed E-state index contributed by atoms with van der Waals surface area (Å²) >= 11 is -1.65. The first-order valence-electron chi connectivity index (χ1n) is 11.5. The van der Waals surface area contributed by atoms with Gasteiger partial charge in [0.2, 0.25) is 0 Å². The zero-order valence-corrected chi connectivity index (χ0v) is 25.3. The topological polar surface area (TPSA) is 0 Å². The third-order valence-corrected chi connectivity index (χ3v) is 25.1. The molecule has 0 amide bonds. The molecule has 4 aromatic rings. The SMILES string of the molecule is CCCc1cccc2[cH-]c(C)cc12.CCCc1cccc2[cH-]c(C)cc12.C[Si](C)=[Zr]([Cl])[Cl]. The van der Waals surface area contributed by atoms with Gasteiger partial charge in [-0.15, -0.1) is 69.1 Å². The summed E-state index contributed by atoms with van der Waals surface area (Å²) in [5, 5.41) is 5.68. The molecule has 0 spiro atoms. The van der Waals surface area contributed by atoms with E-state index in [0.717, 1.165) is 0 Å². The van der Waals surface area contributed by atoms with Gasteiger partial charge in [-0.2, -0.15) is 12.1 Å². The zero-order chi connectivity index (χ0) is 23.7. The summed E-state index contributed by atoms with van der Waals surface area (Å²) in [5.74, 6) is 0. The van der Waals surface area contributed by atoms with Gasteiger partial charge in [0.1, 0.15) is 0 Å². The van der Waals surface area contributed by atoms with Crippen LogP contribution in [0.5, 0.6) is 0 Å². The van der Waals surface area contributed by atoms with Crippen molar-refractivity contribution in [3.05, 3.63) is 82.9 Å². The Bertz CT molecular complexity index is 1070. The van der Waals surface area contributed by atoms with E-state index in [1.807, 2.05) is 0 Å². The van der Waals surface area contributed by atoms with Crippen molar-refractivity contribution in [3.63, 3.8) is 0 Å². The first-order chi connectivity index (χ1) is 15.3. The predicted octanol–water partition coefficient (Wildman–Crippen LogP) is 9.80. The second kappa shape index (κ2) is 13.9. The molecule has 0 aliphatic heterocycles. The third-order valence-electron chi connectivity index (χ3n) is 5.39. The quantitative estimate of drug-likeness (QED) is 0.172. The van der Waals surface area contributed by atoms with Crippen LogP contribution in [-0.2, 0) is 30.8 Å². The summed E-state index contributed by atoms with van der Waals surface area (Å²) < 4.78 is 0. The average molecular weight is 563 g/mol. The number of aryl methyl sites for hydroxylation is 4. The summed E-state index contributed by atoms with van der Waals surface area (Å²) in [7, 11) is 11.2. The number of hydrogen-bond donors (Lipinski definition) is 0. The predicted molar refractivity (Wildman–Crippen MR) is 146 cm³/mol. The Kier molecular flexibility index (Phi) is 12.0. The number of fused-ring (bicyclic) bond motifs is 2. The molecule has 0 bridgehead atoms. The zero-order valence-electron chi connectivity index (χ0n) is 20.4. The fourth-order valence-corrected chi connectivity index (χ4v) is 3.87. The van der Waals surface area contributed by atoms with Crippen molar-refractivity contribution < 1.29 is 18.0 Å². The van der Waals surface area contributed by atoms with Crippen LogP contribution in [0.4, 0.5) is 0 Å². The van der Waals surface area contributed by atoms with Gasteiger partial charge in [-0.05, 0) is 12.8 Å². The fourth-order valence-electron chi connectivity index (χ4n) is 3.87. The van der Waals surface area contributed by atoms with Crippen molar-refractivity contribution in [2.75, 3.05) is 0 Å². The molecule has 172 valence electrons. The van der Waals surface area contributed by atoms with E-state index in [1.165, 1.54) is 69.5 Å². The number of hydrogen-bond acceptors (Lipinski definition) is 0. The van der Waals surface area contributed by atoms with Crippen LogP contribution < -0.4 is 0 Å². The maximum atomic E-state index is 5.62. The molecule has 0 nitrogen and oxygen atoms in total. The Morgan fingerprint density at radius 2 is 1.12 bits per heavy atom. The van der Waals surface area contributed by atoms with E-state index in [2.05, 4.69) is 101 Å². The molecule has 4 heteroatoms. The standard InChI is InChI=1S/2C13H15.C2H6Si.2ClH.Zr/c2*1-3-5-11-6-4-7-12-8-10(2)9-13(11)12;1-3-2;;;/h2*4,6-9H,3,5H2,1-2H3;1-2H3;2*1H;/q2*-1;;;;+2/p-2. The molecule has 0 atom stereocenters. The van der Waals surface area contributed by atoms with E-state index in [4.69, 9.17) is 17.0 Å². The van der Waals surface area contributed by atoms with Crippen LogP contribution in [0.15, 0.2) is 60.7 Å². The van der Waals surface area contributed by atoms with Crippen LogP contribution in [0, 0.1) is 13.8 Å². The number of benzene rings is 2. The monoisotopic (exact) mass is 560 g/mol. The van der Waals surface area contributed by atoms with Crippen molar-refractivity contribution >= 4 is 44.0 Å². The van der Waals surface area contributed by atoms with Gasteiger partial charge in [0.05, 0.1) is 0 Å². The van der Waals surface area contributed by atoms with Gasteiger partial charge < -0.3 is 0 Å². The molecular formula is C28H36Cl2SiZr-2. The molecule has 32 heavy (non-hydrogen) atoms. The van der Waals surface area contributed by atoms with Crippen molar-refractivity contribution in [2.45, 2.75) is 66.5 Å². The van der Waals surface area contributed by atoms with Crippen LogP contribution in [0.1, 0.15) is 48.9 Å². The second-order valence-electron chi connectivity index (χ2n) is 8.67. The fraction of sp³-hybridized carbons (Fsp3) is 0.357. The van der Waals surface area contributed by atoms with E-state index < -0.39 is 18.0 Å². The molecule has 0 N–H and O–H groups in total. The Balaban J connectivity index is 0.000000183. The molecule has 4 aromatic carbocycles. The van der Waals surface area contributed by atoms with Crippen LogP contribution in [-0.4, -0.2) is 5.43 Å². The number of rotatable bonds is 4. The summed E-state index contributed by atoms with van der Waals surface area (Å²) in [5.41, 5.74) is 5.51. The van der Waals surface area contributed by atoms with E-state index >= 15 is 0 Å². The molecule has 0 aromatic heterocycles. The minimum absolute atomic E-state index is 0.224. The maximum absolute atomic E-state index is 5.62. The van der Waals surface area contributed by atoms with E-state index in [0.29, 0.717) is 0 Å². The molecule has 0 heterocycles. The molecule has 0 saturated heterocycles. The Morgan fingerprint density at radius 1 is 0.750 bits per heavy atom. The summed E-state index contributed by atoms with van der Waals surface area (Å²) in [4.78, 5) is 0. The molecule has 4 rings (SSSR count). The summed E-state index contributed by atoms with van der Waals surface area (Å²) in [6.45, 7) is 13.1. The van der Waals surface area contributed by atoms with E-state index in [-0.39, 0.29) is 5.43 Å². The third kappa shape index (κ3) is 8.28. The molecule has 0 aliphatic rings. The Labute approximate surface area is 210 Å². The molecule has 0 saturated carbocycles. The minimum atomic E-state index is -1.65. The van der Waals surface area contributed by atoms with Crippen molar-refractivity contribution in [1.29, 1.82) is 0 Å². The van der Waals surface area contributed by atoms with Gasteiger partial charge in [-0.25, -0.2) is 0 Å². The average Bonchev–Trinajstić information content (AvgIpc) is 3.31. The van der Waals surface area contributed by atoms with Gasteiger partial charge >= 0.3 is 53.5 Å². The van der Waals surface area contributed by atoms with Gasteiger partial charge in [-0.3, -0.25) is 0 Å². The molecular weight excluding hydrogens is 527 g/mol.